The van der Waals surface area contributed by atoms with Gasteiger partial charge in [0.1, 0.15) is 22.8 Å². The summed E-state index contributed by atoms with van der Waals surface area (Å²) in [4.78, 5) is 11.1. The molecule has 0 unspecified atom stereocenters. The number of pyridine rings is 1. The van der Waals surface area contributed by atoms with Crippen LogP contribution in [-0.2, 0) is 6.42 Å². The van der Waals surface area contributed by atoms with Crippen molar-refractivity contribution in [1.82, 2.24) is 24.6 Å². The van der Waals surface area contributed by atoms with Gasteiger partial charge in [0.15, 0.2) is 5.65 Å². The molecule has 116 valence electrons. The summed E-state index contributed by atoms with van der Waals surface area (Å²) in [6, 6.07) is 5.90. The summed E-state index contributed by atoms with van der Waals surface area (Å²) in [5, 5.41) is 13.0. The molecule has 0 aromatic carbocycles. The standard InChI is InChI=1S/C16H16N6S/c1-10-11(2)23-16-14(10)15(18-9-19-16)17-7-6-13-21-20-12-5-3-4-8-22(12)13/h3-5,8-9H,6-7H2,1-2H3,(H,17,18,19). The zero-order chi connectivity index (χ0) is 15.8. The molecular weight excluding hydrogens is 308 g/mol. The quantitative estimate of drug-likeness (QED) is 0.625. The Bertz CT molecular complexity index is 987. The van der Waals surface area contributed by atoms with Gasteiger partial charge in [-0.05, 0) is 31.5 Å². The molecule has 0 aliphatic carbocycles. The SMILES string of the molecule is Cc1sc2ncnc(NCCc3nnc4ccccn34)c2c1C. The van der Waals surface area contributed by atoms with Crippen molar-refractivity contribution in [1.29, 1.82) is 0 Å². The lowest BCUT2D eigenvalue weighted by atomic mass is 10.2. The number of nitrogens with one attached hydrogen (secondary N) is 1. The molecule has 4 rings (SSSR count). The Kier molecular flexibility index (Phi) is 3.42. The molecule has 4 aromatic heterocycles. The third-order valence-electron chi connectivity index (χ3n) is 3.99. The second-order valence-corrected chi connectivity index (χ2v) is 6.61. The molecule has 0 spiro atoms. The molecule has 1 N–H and O–H groups in total. The number of rotatable bonds is 4. The molecule has 0 atom stereocenters. The van der Waals surface area contributed by atoms with Gasteiger partial charge in [-0.15, -0.1) is 21.5 Å². The van der Waals surface area contributed by atoms with Crippen molar-refractivity contribution < 1.29 is 0 Å². The van der Waals surface area contributed by atoms with E-state index in [9.17, 15) is 0 Å². The first-order valence-electron chi connectivity index (χ1n) is 7.47. The second kappa shape index (κ2) is 5.58. The van der Waals surface area contributed by atoms with Crippen LogP contribution in [0.2, 0.25) is 0 Å². The zero-order valence-electron chi connectivity index (χ0n) is 12.9. The topological polar surface area (TPSA) is 68.0 Å². The molecule has 7 heteroatoms. The maximum Gasteiger partial charge on any atom is 0.160 e. The molecular formula is C16H16N6S. The fourth-order valence-corrected chi connectivity index (χ4v) is 3.67. The van der Waals surface area contributed by atoms with Gasteiger partial charge in [0.2, 0.25) is 0 Å². The number of hydrogen-bond donors (Lipinski definition) is 1. The maximum atomic E-state index is 4.40. The molecule has 4 aromatic rings. The minimum absolute atomic E-state index is 0.746. The fourth-order valence-electron chi connectivity index (χ4n) is 2.67. The number of anilines is 1. The van der Waals surface area contributed by atoms with Crippen molar-refractivity contribution in [3.8, 4) is 0 Å². The molecule has 6 nitrogen and oxygen atoms in total. The van der Waals surface area contributed by atoms with Gasteiger partial charge in [-0.1, -0.05) is 6.07 Å². The van der Waals surface area contributed by atoms with E-state index in [1.807, 2.05) is 28.8 Å². The fraction of sp³-hybridized carbons (Fsp3) is 0.250. The van der Waals surface area contributed by atoms with Crippen LogP contribution in [0.3, 0.4) is 0 Å². The Labute approximate surface area is 137 Å². The molecule has 0 amide bonds. The number of thiophene rings is 1. The summed E-state index contributed by atoms with van der Waals surface area (Å²) >= 11 is 1.71. The molecule has 0 radical (unpaired) electrons. The van der Waals surface area contributed by atoms with Gasteiger partial charge >= 0.3 is 0 Å². The summed E-state index contributed by atoms with van der Waals surface area (Å²) in [6.45, 7) is 4.98. The summed E-state index contributed by atoms with van der Waals surface area (Å²) in [7, 11) is 0. The lowest BCUT2D eigenvalue weighted by molar-refractivity contribution is 0.868. The van der Waals surface area contributed by atoms with Crippen LogP contribution < -0.4 is 5.32 Å². The van der Waals surface area contributed by atoms with E-state index in [1.54, 1.807) is 17.7 Å². The van der Waals surface area contributed by atoms with Crippen LogP contribution >= 0.6 is 11.3 Å². The zero-order valence-corrected chi connectivity index (χ0v) is 13.8. The van der Waals surface area contributed by atoms with Gasteiger partial charge in [-0.25, -0.2) is 9.97 Å². The van der Waals surface area contributed by atoms with Crippen molar-refractivity contribution in [2.24, 2.45) is 0 Å². The van der Waals surface area contributed by atoms with Crippen molar-refractivity contribution in [3.63, 3.8) is 0 Å². The summed E-state index contributed by atoms with van der Waals surface area (Å²) in [5.74, 6) is 1.84. The first-order chi connectivity index (χ1) is 11.2. The third kappa shape index (κ3) is 2.43. The number of nitrogens with zero attached hydrogens (tertiary/aromatic N) is 5. The van der Waals surface area contributed by atoms with Crippen LogP contribution in [0.4, 0.5) is 5.82 Å². The monoisotopic (exact) mass is 324 g/mol. The van der Waals surface area contributed by atoms with E-state index in [0.29, 0.717) is 0 Å². The van der Waals surface area contributed by atoms with Crippen LogP contribution in [0.1, 0.15) is 16.3 Å². The molecule has 0 bridgehead atoms. The minimum atomic E-state index is 0.746. The Hall–Kier alpha value is -2.54. The highest BCUT2D eigenvalue weighted by Crippen LogP contribution is 2.32. The van der Waals surface area contributed by atoms with E-state index in [2.05, 4.69) is 39.3 Å². The van der Waals surface area contributed by atoms with Crippen LogP contribution in [-0.4, -0.2) is 31.1 Å². The van der Waals surface area contributed by atoms with Gasteiger partial charge in [-0.3, -0.25) is 4.40 Å². The van der Waals surface area contributed by atoms with E-state index >= 15 is 0 Å². The van der Waals surface area contributed by atoms with Gasteiger partial charge in [-0.2, -0.15) is 0 Å². The van der Waals surface area contributed by atoms with E-state index in [4.69, 9.17) is 0 Å². The van der Waals surface area contributed by atoms with Crippen LogP contribution in [0.25, 0.3) is 15.9 Å². The molecule has 4 heterocycles. The number of hydrogen-bond acceptors (Lipinski definition) is 6. The first-order valence-corrected chi connectivity index (χ1v) is 8.29. The molecule has 0 saturated carbocycles. The average molecular weight is 324 g/mol. The van der Waals surface area contributed by atoms with Crippen molar-refractivity contribution in [3.05, 3.63) is 47.0 Å². The van der Waals surface area contributed by atoms with E-state index in [0.717, 1.165) is 40.5 Å². The molecule has 0 aliphatic rings. The van der Waals surface area contributed by atoms with Crippen molar-refractivity contribution in [2.45, 2.75) is 20.3 Å². The highest BCUT2D eigenvalue weighted by Gasteiger charge is 2.12. The van der Waals surface area contributed by atoms with Crippen molar-refractivity contribution >= 4 is 33.0 Å². The van der Waals surface area contributed by atoms with Crippen LogP contribution in [0, 0.1) is 13.8 Å². The Morgan fingerprint density at radius 1 is 1.17 bits per heavy atom. The van der Waals surface area contributed by atoms with Crippen LogP contribution in [0.5, 0.6) is 0 Å². The van der Waals surface area contributed by atoms with Gasteiger partial charge in [0.25, 0.3) is 0 Å². The lowest BCUT2D eigenvalue weighted by Crippen LogP contribution is -2.09. The van der Waals surface area contributed by atoms with E-state index < -0.39 is 0 Å². The average Bonchev–Trinajstić information content (AvgIpc) is 3.10. The second-order valence-electron chi connectivity index (χ2n) is 5.41. The Balaban J connectivity index is 1.56. The summed E-state index contributed by atoms with van der Waals surface area (Å²) < 4.78 is 2.01. The van der Waals surface area contributed by atoms with Crippen LogP contribution in [0.15, 0.2) is 30.7 Å². The normalized spacial score (nSPS) is 11.4. The Morgan fingerprint density at radius 3 is 3.00 bits per heavy atom. The largest absolute Gasteiger partial charge is 0.369 e. The first kappa shape index (κ1) is 14.1. The molecule has 0 saturated heterocycles. The maximum absolute atomic E-state index is 4.40. The molecule has 0 fully saturated rings. The van der Waals surface area contributed by atoms with E-state index in [1.165, 1.54) is 10.4 Å². The summed E-state index contributed by atoms with van der Waals surface area (Å²) in [6.07, 6.45) is 4.38. The van der Waals surface area contributed by atoms with Gasteiger partial charge in [0, 0.05) is 24.0 Å². The highest BCUT2D eigenvalue weighted by atomic mass is 32.1. The predicted molar refractivity (Wildman–Crippen MR) is 92.1 cm³/mol. The molecule has 0 aliphatic heterocycles. The summed E-state index contributed by atoms with van der Waals surface area (Å²) in [5.41, 5.74) is 2.12. The van der Waals surface area contributed by atoms with Gasteiger partial charge < -0.3 is 5.32 Å². The number of aromatic nitrogens is 5. The predicted octanol–water partition coefficient (Wildman–Crippen LogP) is 3.01. The minimum Gasteiger partial charge on any atom is -0.369 e. The smallest absolute Gasteiger partial charge is 0.160 e. The molecule has 23 heavy (non-hydrogen) atoms. The van der Waals surface area contributed by atoms with Gasteiger partial charge in [0.05, 0.1) is 5.39 Å². The lowest BCUT2D eigenvalue weighted by Gasteiger charge is -2.06. The van der Waals surface area contributed by atoms with Crippen molar-refractivity contribution in [2.75, 3.05) is 11.9 Å². The number of fused-ring (bicyclic) bond motifs is 2. The number of aryl methyl sites for hydroxylation is 2. The highest BCUT2D eigenvalue weighted by molar-refractivity contribution is 7.18. The third-order valence-corrected chi connectivity index (χ3v) is 5.11. The Morgan fingerprint density at radius 2 is 2.09 bits per heavy atom. The van der Waals surface area contributed by atoms with E-state index in [-0.39, 0.29) is 0 Å².